The largest absolute Gasteiger partial charge is 0.481 e. The monoisotopic (exact) mass is 319 g/mol. The van der Waals surface area contributed by atoms with Gasteiger partial charge in [0.25, 0.3) is 0 Å². The number of carboxylic acids is 1. The molecule has 2 aromatic rings. The van der Waals surface area contributed by atoms with Crippen LogP contribution in [0.3, 0.4) is 0 Å². The van der Waals surface area contributed by atoms with Gasteiger partial charge in [-0.1, -0.05) is 28.1 Å². The molecule has 1 heterocycles. The van der Waals surface area contributed by atoms with Crippen LogP contribution in [0.5, 0.6) is 0 Å². The van der Waals surface area contributed by atoms with E-state index in [1.165, 1.54) is 0 Å². The van der Waals surface area contributed by atoms with Crippen LogP contribution >= 0.6 is 15.9 Å². The van der Waals surface area contributed by atoms with Crippen LogP contribution in [0.25, 0.3) is 0 Å². The molecule has 4 heteroatoms. The molecule has 0 fully saturated rings. The Balaban J connectivity index is 2.32. The van der Waals surface area contributed by atoms with Crippen molar-refractivity contribution in [3.05, 3.63) is 63.9 Å². The predicted molar refractivity (Wildman–Crippen MR) is 77.2 cm³/mol. The molecule has 0 amide bonds. The molecule has 0 radical (unpaired) electrons. The Bertz CT molecular complexity index is 598. The van der Waals surface area contributed by atoms with Crippen LogP contribution in [0.4, 0.5) is 0 Å². The smallest absolute Gasteiger partial charge is 0.311 e. The number of pyridine rings is 1. The third kappa shape index (κ3) is 3.41. The number of rotatable bonds is 4. The van der Waals surface area contributed by atoms with E-state index in [0.29, 0.717) is 6.42 Å². The summed E-state index contributed by atoms with van der Waals surface area (Å²) in [6, 6.07) is 9.52. The quantitative estimate of drug-likeness (QED) is 0.937. The number of carboxylic acid groups (broad SMARTS) is 1. The van der Waals surface area contributed by atoms with Crippen molar-refractivity contribution in [3.8, 4) is 0 Å². The maximum absolute atomic E-state index is 11.5. The molecule has 0 spiro atoms. The van der Waals surface area contributed by atoms with Gasteiger partial charge in [-0.05, 0) is 48.2 Å². The molecular weight excluding hydrogens is 306 g/mol. The van der Waals surface area contributed by atoms with Gasteiger partial charge in [-0.15, -0.1) is 0 Å². The highest BCUT2D eigenvalue weighted by Crippen LogP contribution is 2.25. The Morgan fingerprint density at radius 1 is 1.42 bits per heavy atom. The van der Waals surface area contributed by atoms with Gasteiger partial charge >= 0.3 is 5.97 Å². The summed E-state index contributed by atoms with van der Waals surface area (Å²) in [5.41, 5.74) is 2.73. The second-order valence-electron chi connectivity index (χ2n) is 4.46. The minimum absolute atomic E-state index is 0.472. The summed E-state index contributed by atoms with van der Waals surface area (Å²) in [6.45, 7) is 1.89. The maximum Gasteiger partial charge on any atom is 0.311 e. The molecule has 1 N–H and O–H groups in total. The first-order valence-corrected chi connectivity index (χ1v) is 6.75. The van der Waals surface area contributed by atoms with Crippen molar-refractivity contribution >= 4 is 21.9 Å². The number of hydrogen-bond donors (Lipinski definition) is 1. The molecule has 98 valence electrons. The fourth-order valence-electron chi connectivity index (χ4n) is 2.11. The maximum atomic E-state index is 11.5. The molecule has 2 rings (SSSR count). The van der Waals surface area contributed by atoms with Gasteiger partial charge in [0.05, 0.1) is 5.92 Å². The summed E-state index contributed by atoms with van der Waals surface area (Å²) < 4.78 is 0.959. The second kappa shape index (κ2) is 5.97. The average Bonchev–Trinajstić information content (AvgIpc) is 2.37. The fourth-order valence-corrected chi connectivity index (χ4v) is 2.55. The van der Waals surface area contributed by atoms with Crippen LogP contribution < -0.4 is 0 Å². The lowest BCUT2D eigenvalue weighted by Crippen LogP contribution is -2.15. The van der Waals surface area contributed by atoms with Gasteiger partial charge in [0.15, 0.2) is 0 Å². The number of aliphatic carboxylic acids is 1. The molecule has 1 aromatic carbocycles. The molecule has 0 bridgehead atoms. The third-order valence-electron chi connectivity index (χ3n) is 3.07. The van der Waals surface area contributed by atoms with Gasteiger partial charge in [-0.3, -0.25) is 9.78 Å². The van der Waals surface area contributed by atoms with E-state index in [1.54, 1.807) is 18.5 Å². The number of nitrogens with zero attached hydrogens (tertiary/aromatic N) is 1. The Kier molecular flexibility index (Phi) is 4.32. The van der Waals surface area contributed by atoms with Crippen molar-refractivity contribution in [1.29, 1.82) is 0 Å². The average molecular weight is 320 g/mol. The van der Waals surface area contributed by atoms with E-state index in [0.717, 1.165) is 21.2 Å². The van der Waals surface area contributed by atoms with Gasteiger partial charge in [-0.2, -0.15) is 0 Å². The number of hydrogen-bond acceptors (Lipinski definition) is 2. The molecule has 1 aromatic heterocycles. The standard InChI is InChI=1S/C15H14BrNO2/c1-10-9-17-6-5-13(10)14(15(18)19)8-11-3-2-4-12(16)7-11/h2-7,9,14H,8H2,1H3,(H,18,19). The van der Waals surface area contributed by atoms with Crippen LogP contribution in [0.15, 0.2) is 47.2 Å². The van der Waals surface area contributed by atoms with E-state index in [-0.39, 0.29) is 0 Å². The molecular formula is C15H14BrNO2. The highest BCUT2D eigenvalue weighted by Gasteiger charge is 2.22. The number of aryl methyl sites for hydroxylation is 1. The van der Waals surface area contributed by atoms with Gasteiger partial charge < -0.3 is 5.11 Å². The molecule has 1 unspecified atom stereocenters. The zero-order chi connectivity index (χ0) is 13.8. The highest BCUT2D eigenvalue weighted by molar-refractivity contribution is 9.10. The zero-order valence-electron chi connectivity index (χ0n) is 10.5. The fraction of sp³-hybridized carbons (Fsp3) is 0.200. The van der Waals surface area contributed by atoms with E-state index in [2.05, 4.69) is 20.9 Å². The van der Waals surface area contributed by atoms with Crippen LogP contribution in [-0.4, -0.2) is 16.1 Å². The highest BCUT2D eigenvalue weighted by atomic mass is 79.9. The van der Waals surface area contributed by atoms with Crippen molar-refractivity contribution < 1.29 is 9.90 Å². The van der Waals surface area contributed by atoms with Gasteiger partial charge in [0, 0.05) is 16.9 Å². The summed E-state index contributed by atoms with van der Waals surface area (Å²) >= 11 is 3.40. The Morgan fingerprint density at radius 3 is 2.84 bits per heavy atom. The topological polar surface area (TPSA) is 50.2 Å². The number of carbonyl (C=O) groups is 1. The summed E-state index contributed by atoms with van der Waals surface area (Å²) in [5.74, 6) is -1.36. The predicted octanol–water partition coefficient (Wildman–Crippen LogP) is 3.56. The first kappa shape index (κ1) is 13.7. The Morgan fingerprint density at radius 2 is 2.21 bits per heavy atom. The summed E-state index contributed by atoms with van der Waals surface area (Å²) in [5, 5.41) is 9.45. The molecule has 0 saturated heterocycles. The number of aromatic nitrogens is 1. The lowest BCUT2D eigenvalue weighted by Gasteiger charge is -2.15. The summed E-state index contributed by atoms with van der Waals surface area (Å²) in [6.07, 6.45) is 3.81. The third-order valence-corrected chi connectivity index (χ3v) is 3.56. The first-order chi connectivity index (χ1) is 9.08. The molecule has 0 aliphatic heterocycles. The number of benzene rings is 1. The minimum atomic E-state index is -0.811. The van der Waals surface area contributed by atoms with E-state index in [4.69, 9.17) is 0 Å². The van der Waals surface area contributed by atoms with Crippen LogP contribution in [-0.2, 0) is 11.2 Å². The molecule has 0 aliphatic rings. The SMILES string of the molecule is Cc1cnccc1C(Cc1cccc(Br)c1)C(=O)O. The van der Waals surface area contributed by atoms with E-state index in [1.807, 2.05) is 31.2 Å². The zero-order valence-corrected chi connectivity index (χ0v) is 12.1. The first-order valence-electron chi connectivity index (χ1n) is 5.95. The van der Waals surface area contributed by atoms with E-state index >= 15 is 0 Å². The van der Waals surface area contributed by atoms with Crippen molar-refractivity contribution in [2.45, 2.75) is 19.3 Å². The second-order valence-corrected chi connectivity index (χ2v) is 5.37. The van der Waals surface area contributed by atoms with Crippen LogP contribution in [0.1, 0.15) is 22.6 Å². The van der Waals surface area contributed by atoms with Crippen LogP contribution in [0, 0.1) is 6.92 Å². The van der Waals surface area contributed by atoms with Crippen LogP contribution in [0.2, 0.25) is 0 Å². The lowest BCUT2D eigenvalue weighted by molar-refractivity contribution is -0.138. The molecule has 0 saturated carbocycles. The van der Waals surface area contributed by atoms with Gasteiger partial charge in [0.2, 0.25) is 0 Å². The van der Waals surface area contributed by atoms with Crippen molar-refractivity contribution in [2.75, 3.05) is 0 Å². The molecule has 1 atom stereocenters. The van der Waals surface area contributed by atoms with Crippen molar-refractivity contribution in [1.82, 2.24) is 4.98 Å². The number of halogens is 1. The summed E-state index contributed by atoms with van der Waals surface area (Å²) in [4.78, 5) is 15.5. The Labute approximate surface area is 120 Å². The van der Waals surface area contributed by atoms with Gasteiger partial charge in [0.1, 0.15) is 0 Å². The molecule has 19 heavy (non-hydrogen) atoms. The van der Waals surface area contributed by atoms with Crippen molar-refractivity contribution in [2.24, 2.45) is 0 Å². The van der Waals surface area contributed by atoms with Crippen molar-refractivity contribution in [3.63, 3.8) is 0 Å². The minimum Gasteiger partial charge on any atom is -0.481 e. The normalized spacial score (nSPS) is 12.1. The molecule has 0 aliphatic carbocycles. The van der Waals surface area contributed by atoms with Gasteiger partial charge in [-0.25, -0.2) is 0 Å². The Hall–Kier alpha value is -1.68. The lowest BCUT2D eigenvalue weighted by atomic mass is 9.90. The van der Waals surface area contributed by atoms with E-state index < -0.39 is 11.9 Å². The molecule has 3 nitrogen and oxygen atoms in total. The summed E-state index contributed by atoms with van der Waals surface area (Å²) in [7, 11) is 0. The van der Waals surface area contributed by atoms with E-state index in [9.17, 15) is 9.90 Å².